The summed E-state index contributed by atoms with van der Waals surface area (Å²) in [6, 6.07) is 5.68. The predicted molar refractivity (Wildman–Crippen MR) is 101 cm³/mol. The van der Waals surface area contributed by atoms with Crippen LogP contribution in [0.5, 0.6) is 11.5 Å². The number of nitrogens with one attached hydrogen (secondary N) is 2. The molecule has 0 radical (unpaired) electrons. The number of ether oxygens (including phenoxy) is 2. The molecule has 0 atom stereocenters. The van der Waals surface area contributed by atoms with Crippen LogP contribution in [-0.4, -0.2) is 36.6 Å². The highest BCUT2D eigenvalue weighted by atomic mass is 16.5. The molecule has 0 aliphatic heterocycles. The number of aromatic nitrogens is 2. The van der Waals surface area contributed by atoms with Crippen molar-refractivity contribution in [3.05, 3.63) is 41.7 Å². The van der Waals surface area contributed by atoms with E-state index in [0.717, 1.165) is 12.0 Å². The Hall–Kier alpha value is -2.83. The maximum absolute atomic E-state index is 12.0. The van der Waals surface area contributed by atoms with Gasteiger partial charge in [0, 0.05) is 25.5 Å². The molecule has 0 unspecified atom stereocenters. The highest BCUT2D eigenvalue weighted by Gasteiger charge is 2.08. The third-order valence-electron chi connectivity index (χ3n) is 3.82. The van der Waals surface area contributed by atoms with Crippen molar-refractivity contribution in [1.29, 1.82) is 0 Å². The summed E-state index contributed by atoms with van der Waals surface area (Å²) in [7, 11) is 3.20. The predicted octanol–water partition coefficient (Wildman–Crippen LogP) is 2.88. The highest BCUT2D eigenvalue weighted by Crippen LogP contribution is 2.27. The zero-order valence-electron chi connectivity index (χ0n) is 15.7. The van der Waals surface area contributed by atoms with Gasteiger partial charge in [-0.15, -0.1) is 0 Å². The topological polar surface area (TPSA) is 85.4 Å². The number of rotatable bonds is 9. The number of hydrogen-bond donors (Lipinski definition) is 2. The van der Waals surface area contributed by atoms with Crippen molar-refractivity contribution >= 4 is 11.9 Å². The number of anilines is 1. The van der Waals surface area contributed by atoms with E-state index in [1.54, 1.807) is 14.2 Å². The van der Waals surface area contributed by atoms with Gasteiger partial charge in [-0.3, -0.25) is 4.79 Å². The van der Waals surface area contributed by atoms with E-state index in [2.05, 4.69) is 34.4 Å². The van der Waals surface area contributed by atoms with E-state index >= 15 is 0 Å². The fourth-order valence-corrected chi connectivity index (χ4v) is 2.28. The van der Waals surface area contributed by atoms with Crippen LogP contribution in [-0.2, 0) is 6.54 Å². The number of methoxy groups -OCH3 is 2. The van der Waals surface area contributed by atoms with E-state index in [4.69, 9.17) is 9.47 Å². The molecule has 0 bridgehead atoms. The molecule has 0 spiro atoms. The maximum atomic E-state index is 12.0. The van der Waals surface area contributed by atoms with Crippen LogP contribution in [0.1, 0.15) is 36.2 Å². The summed E-state index contributed by atoms with van der Waals surface area (Å²) in [5.74, 6) is 2.20. The van der Waals surface area contributed by atoms with Crippen molar-refractivity contribution in [2.45, 2.75) is 26.8 Å². The van der Waals surface area contributed by atoms with Crippen molar-refractivity contribution in [3.63, 3.8) is 0 Å². The second-order valence-electron chi connectivity index (χ2n) is 6.28. The third-order valence-corrected chi connectivity index (χ3v) is 3.82. The van der Waals surface area contributed by atoms with Gasteiger partial charge < -0.3 is 20.1 Å². The molecular weight excluding hydrogens is 332 g/mol. The largest absolute Gasteiger partial charge is 0.493 e. The first-order valence-electron chi connectivity index (χ1n) is 8.58. The second kappa shape index (κ2) is 9.60. The quantitative estimate of drug-likeness (QED) is 0.717. The lowest BCUT2D eigenvalue weighted by atomic mass is 10.1. The molecule has 2 N–H and O–H groups in total. The first-order chi connectivity index (χ1) is 12.5. The van der Waals surface area contributed by atoms with E-state index in [0.29, 0.717) is 42.0 Å². The molecule has 1 heterocycles. The molecule has 1 aromatic carbocycles. The average Bonchev–Trinajstić information content (AvgIpc) is 2.66. The summed E-state index contributed by atoms with van der Waals surface area (Å²) in [4.78, 5) is 20.4. The monoisotopic (exact) mass is 358 g/mol. The summed E-state index contributed by atoms with van der Waals surface area (Å²) < 4.78 is 10.5. The van der Waals surface area contributed by atoms with Gasteiger partial charge in [-0.25, -0.2) is 9.97 Å². The number of benzene rings is 1. The van der Waals surface area contributed by atoms with Gasteiger partial charge in [0.05, 0.1) is 19.8 Å². The Morgan fingerprint density at radius 2 is 1.81 bits per heavy atom. The van der Waals surface area contributed by atoms with Gasteiger partial charge >= 0.3 is 0 Å². The molecule has 1 aromatic heterocycles. The van der Waals surface area contributed by atoms with Crippen LogP contribution in [0.25, 0.3) is 0 Å². The van der Waals surface area contributed by atoms with Gasteiger partial charge in [-0.2, -0.15) is 0 Å². The smallest absolute Gasteiger partial charge is 0.254 e. The SMILES string of the molecule is COc1ccc(CNc2ncc(C(=O)NCCC(C)C)cn2)cc1OC. The lowest BCUT2D eigenvalue weighted by molar-refractivity contribution is 0.0951. The third kappa shape index (κ3) is 5.61. The zero-order chi connectivity index (χ0) is 18.9. The maximum Gasteiger partial charge on any atom is 0.254 e. The van der Waals surface area contributed by atoms with Crippen molar-refractivity contribution in [2.75, 3.05) is 26.1 Å². The fourth-order valence-electron chi connectivity index (χ4n) is 2.28. The van der Waals surface area contributed by atoms with Crippen LogP contribution in [0.3, 0.4) is 0 Å². The van der Waals surface area contributed by atoms with Crippen molar-refractivity contribution in [1.82, 2.24) is 15.3 Å². The van der Waals surface area contributed by atoms with Crippen LogP contribution in [0.2, 0.25) is 0 Å². The van der Waals surface area contributed by atoms with Crippen LogP contribution in [0.15, 0.2) is 30.6 Å². The van der Waals surface area contributed by atoms with Gasteiger partial charge in [0.2, 0.25) is 5.95 Å². The summed E-state index contributed by atoms with van der Waals surface area (Å²) in [5, 5.41) is 5.99. The number of carbonyl (C=O) groups excluding carboxylic acids is 1. The summed E-state index contributed by atoms with van der Waals surface area (Å²) in [6.07, 6.45) is 3.99. The Morgan fingerprint density at radius 3 is 2.42 bits per heavy atom. The molecule has 0 saturated carbocycles. The normalized spacial score (nSPS) is 10.5. The van der Waals surface area contributed by atoms with E-state index in [9.17, 15) is 4.79 Å². The molecule has 140 valence electrons. The van der Waals surface area contributed by atoms with Gasteiger partial charge in [0.25, 0.3) is 5.91 Å². The summed E-state index contributed by atoms with van der Waals surface area (Å²) in [6.45, 7) is 5.42. The van der Waals surface area contributed by atoms with Crippen molar-refractivity contribution < 1.29 is 14.3 Å². The first kappa shape index (κ1) is 19.5. The number of amides is 1. The van der Waals surface area contributed by atoms with Crippen LogP contribution in [0.4, 0.5) is 5.95 Å². The van der Waals surface area contributed by atoms with Gasteiger partial charge in [0.1, 0.15) is 0 Å². The molecule has 0 saturated heterocycles. The van der Waals surface area contributed by atoms with E-state index in [1.807, 2.05) is 18.2 Å². The summed E-state index contributed by atoms with van der Waals surface area (Å²) in [5.41, 5.74) is 1.45. The lowest BCUT2D eigenvalue weighted by Crippen LogP contribution is -2.25. The lowest BCUT2D eigenvalue weighted by Gasteiger charge is -2.10. The number of nitrogens with zero attached hydrogens (tertiary/aromatic N) is 2. The molecule has 2 rings (SSSR count). The van der Waals surface area contributed by atoms with Crippen molar-refractivity contribution in [2.24, 2.45) is 5.92 Å². The molecule has 26 heavy (non-hydrogen) atoms. The number of carbonyl (C=O) groups is 1. The molecule has 7 heteroatoms. The minimum Gasteiger partial charge on any atom is -0.493 e. The molecular formula is C19H26N4O3. The Bertz CT molecular complexity index is 717. The molecule has 0 fully saturated rings. The van der Waals surface area contributed by atoms with Gasteiger partial charge in [-0.1, -0.05) is 19.9 Å². The Balaban J connectivity index is 1.90. The van der Waals surface area contributed by atoms with Crippen LogP contribution >= 0.6 is 0 Å². The molecule has 0 aliphatic rings. The Labute approximate surface area is 154 Å². The van der Waals surface area contributed by atoms with Gasteiger partial charge in [-0.05, 0) is 30.0 Å². The Morgan fingerprint density at radius 1 is 1.12 bits per heavy atom. The molecule has 7 nitrogen and oxygen atoms in total. The standard InChI is InChI=1S/C19H26N4O3/c1-13(2)7-8-20-18(24)15-11-22-19(23-12-15)21-10-14-5-6-16(25-3)17(9-14)26-4/h5-6,9,11-13H,7-8,10H2,1-4H3,(H,20,24)(H,21,22,23). The minimum atomic E-state index is -0.155. The second-order valence-corrected chi connectivity index (χ2v) is 6.28. The van der Waals surface area contributed by atoms with Gasteiger partial charge in [0.15, 0.2) is 11.5 Å². The zero-order valence-corrected chi connectivity index (χ0v) is 15.7. The fraction of sp³-hybridized carbons (Fsp3) is 0.421. The summed E-state index contributed by atoms with van der Waals surface area (Å²) >= 11 is 0. The first-order valence-corrected chi connectivity index (χ1v) is 8.58. The number of hydrogen-bond acceptors (Lipinski definition) is 6. The Kier molecular flexibility index (Phi) is 7.20. The van der Waals surface area contributed by atoms with E-state index in [-0.39, 0.29) is 5.91 Å². The average molecular weight is 358 g/mol. The van der Waals surface area contributed by atoms with Crippen LogP contribution in [0, 0.1) is 5.92 Å². The van der Waals surface area contributed by atoms with E-state index < -0.39 is 0 Å². The molecule has 2 aromatic rings. The minimum absolute atomic E-state index is 0.155. The molecule has 0 aliphatic carbocycles. The highest BCUT2D eigenvalue weighted by molar-refractivity contribution is 5.93. The molecule has 1 amide bonds. The van der Waals surface area contributed by atoms with Crippen LogP contribution < -0.4 is 20.1 Å². The van der Waals surface area contributed by atoms with Crippen molar-refractivity contribution in [3.8, 4) is 11.5 Å². The van der Waals surface area contributed by atoms with E-state index in [1.165, 1.54) is 12.4 Å².